The summed E-state index contributed by atoms with van der Waals surface area (Å²) in [5, 5.41) is 0. The first-order valence-electron chi connectivity index (χ1n) is 5.78. The van der Waals surface area contributed by atoms with E-state index in [9.17, 15) is 4.39 Å². The zero-order valence-corrected chi connectivity index (χ0v) is 9.56. The molecule has 0 spiro atoms. The molecule has 0 bridgehead atoms. The number of pyridine rings is 1. The van der Waals surface area contributed by atoms with Crippen molar-refractivity contribution in [2.24, 2.45) is 5.73 Å². The highest BCUT2D eigenvalue weighted by Gasteiger charge is 2.22. The lowest BCUT2D eigenvalue weighted by atomic mass is 10.0. The minimum absolute atomic E-state index is 0.215. The van der Waals surface area contributed by atoms with Crippen LogP contribution >= 0.6 is 0 Å². The quantitative estimate of drug-likeness (QED) is 0.830. The van der Waals surface area contributed by atoms with Gasteiger partial charge >= 0.3 is 0 Å². The molecule has 2 heterocycles. The summed E-state index contributed by atoms with van der Waals surface area (Å²) in [6, 6.07) is 3.69. The predicted octanol–water partition coefficient (Wildman–Crippen LogP) is 1.70. The zero-order valence-electron chi connectivity index (χ0n) is 9.56. The van der Waals surface area contributed by atoms with E-state index in [-0.39, 0.29) is 17.9 Å². The van der Waals surface area contributed by atoms with E-state index in [1.165, 1.54) is 12.3 Å². The summed E-state index contributed by atoms with van der Waals surface area (Å²) in [5.74, 6) is -0.286. The summed E-state index contributed by atoms with van der Waals surface area (Å²) < 4.78 is 12.8. The maximum Gasteiger partial charge on any atom is 0.141 e. The van der Waals surface area contributed by atoms with Gasteiger partial charge in [-0.2, -0.15) is 0 Å². The number of hydrogen-bond donors (Lipinski definition) is 1. The summed E-state index contributed by atoms with van der Waals surface area (Å²) in [5.41, 5.74) is 6.86. The van der Waals surface area contributed by atoms with Crippen LogP contribution in [0, 0.1) is 5.82 Å². The minimum Gasteiger partial charge on any atom is -0.327 e. The van der Waals surface area contributed by atoms with Crippen molar-refractivity contribution < 1.29 is 4.39 Å². The molecule has 0 radical (unpaired) electrons. The SMILES string of the molecule is CC(c1ccc(F)cn1)N1CCCC(N)C1. The van der Waals surface area contributed by atoms with Crippen LogP contribution in [0.15, 0.2) is 18.3 Å². The van der Waals surface area contributed by atoms with Gasteiger partial charge < -0.3 is 5.73 Å². The molecule has 16 heavy (non-hydrogen) atoms. The lowest BCUT2D eigenvalue weighted by Crippen LogP contribution is -2.43. The van der Waals surface area contributed by atoms with E-state index in [1.54, 1.807) is 6.07 Å². The molecule has 2 rings (SSSR count). The van der Waals surface area contributed by atoms with Crippen molar-refractivity contribution in [1.29, 1.82) is 0 Å². The Morgan fingerprint density at radius 3 is 3.00 bits per heavy atom. The number of aromatic nitrogens is 1. The van der Waals surface area contributed by atoms with E-state index in [0.29, 0.717) is 0 Å². The molecule has 0 amide bonds. The van der Waals surface area contributed by atoms with Crippen LogP contribution in [0.4, 0.5) is 4.39 Å². The van der Waals surface area contributed by atoms with Crippen LogP contribution in [0.1, 0.15) is 31.5 Å². The second-order valence-electron chi connectivity index (χ2n) is 4.47. The Hall–Kier alpha value is -1.00. The molecule has 1 aliphatic heterocycles. The molecule has 1 saturated heterocycles. The number of halogens is 1. The molecule has 1 aromatic rings. The van der Waals surface area contributed by atoms with Gasteiger partial charge in [0.15, 0.2) is 0 Å². The first-order valence-corrected chi connectivity index (χ1v) is 5.78. The van der Waals surface area contributed by atoms with Crippen LogP contribution < -0.4 is 5.73 Å². The van der Waals surface area contributed by atoms with Gasteiger partial charge in [-0.3, -0.25) is 9.88 Å². The van der Waals surface area contributed by atoms with E-state index in [2.05, 4.69) is 16.8 Å². The van der Waals surface area contributed by atoms with Gasteiger partial charge in [0.25, 0.3) is 0 Å². The summed E-state index contributed by atoms with van der Waals surface area (Å²) in [4.78, 5) is 6.43. The van der Waals surface area contributed by atoms with Crippen molar-refractivity contribution in [2.45, 2.75) is 31.8 Å². The predicted molar refractivity (Wildman–Crippen MR) is 61.4 cm³/mol. The Morgan fingerprint density at radius 2 is 2.38 bits per heavy atom. The highest BCUT2D eigenvalue weighted by atomic mass is 19.1. The van der Waals surface area contributed by atoms with E-state index in [4.69, 9.17) is 5.73 Å². The van der Waals surface area contributed by atoms with Crippen LogP contribution in [0.5, 0.6) is 0 Å². The largest absolute Gasteiger partial charge is 0.327 e. The third-order valence-electron chi connectivity index (χ3n) is 3.22. The van der Waals surface area contributed by atoms with E-state index in [1.807, 2.05) is 0 Å². The second kappa shape index (κ2) is 4.89. The molecule has 0 aliphatic carbocycles. The minimum atomic E-state index is -0.286. The molecule has 2 unspecified atom stereocenters. The first kappa shape index (κ1) is 11.5. The molecule has 4 heteroatoms. The molecular weight excluding hydrogens is 205 g/mol. The number of nitrogens with zero attached hydrogens (tertiary/aromatic N) is 2. The lowest BCUT2D eigenvalue weighted by molar-refractivity contribution is 0.157. The maximum atomic E-state index is 12.8. The van der Waals surface area contributed by atoms with E-state index in [0.717, 1.165) is 31.6 Å². The van der Waals surface area contributed by atoms with Crippen LogP contribution in [0.2, 0.25) is 0 Å². The van der Waals surface area contributed by atoms with Gasteiger partial charge in [-0.25, -0.2) is 4.39 Å². The van der Waals surface area contributed by atoms with Gasteiger partial charge in [-0.05, 0) is 38.4 Å². The molecule has 0 aromatic carbocycles. The average Bonchev–Trinajstić information content (AvgIpc) is 2.29. The molecule has 88 valence electrons. The molecule has 2 atom stereocenters. The summed E-state index contributed by atoms with van der Waals surface area (Å²) in [6.07, 6.45) is 3.50. The van der Waals surface area contributed by atoms with E-state index < -0.39 is 0 Å². The molecule has 3 nitrogen and oxygen atoms in total. The standard InChI is InChI=1S/C12H18FN3/c1-9(12-5-4-10(13)7-15-12)16-6-2-3-11(14)8-16/h4-5,7,9,11H,2-3,6,8,14H2,1H3. The highest BCUT2D eigenvalue weighted by molar-refractivity contribution is 5.09. The van der Waals surface area contributed by atoms with Crippen LogP contribution in [0.25, 0.3) is 0 Å². The monoisotopic (exact) mass is 223 g/mol. The van der Waals surface area contributed by atoms with Crippen molar-refractivity contribution in [2.75, 3.05) is 13.1 Å². The fraction of sp³-hybridized carbons (Fsp3) is 0.583. The van der Waals surface area contributed by atoms with Gasteiger partial charge in [0, 0.05) is 18.6 Å². The summed E-state index contributed by atoms with van der Waals surface area (Å²) >= 11 is 0. The first-order chi connectivity index (χ1) is 7.66. The average molecular weight is 223 g/mol. The Kier molecular flexibility index (Phi) is 3.51. The fourth-order valence-corrected chi connectivity index (χ4v) is 2.21. The number of rotatable bonds is 2. The van der Waals surface area contributed by atoms with Crippen LogP contribution in [-0.2, 0) is 0 Å². The van der Waals surface area contributed by atoms with Crippen molar-refractivity contribution >= 4 is 0 Å². The van der Waals surface area contributed by atoms with Crippen molar-refractivity contribution in [3.05, 3.63) is 29.8 Å². The lowest BCUT2D eigenvalue weighted by Gasteiger charge is -2.35. The molecule has 1 aromatic heterocycles. The molecule has 1 fully saturated rings. The maximum absolute atomic E-state index is 12.8. The molecule has 1 aliphatic rings. The Labute approximate surface area is 95.5 Å². The molecular formula is C12H18FN3. The summed E-state index contributed by atoms with van der Waals surface area (Å²) in [6.45, 7) is 4.05. The van der Waals surface area contributed by atoms with Gasteiger partial charge in [-0.15, -0.1) is 0 Å². The van der Waals surface area contributed by atoms with Crippen molar-refractivity contribution in [3.63, 3.8) is 0 Å². The number of piperidine rings is 1. The van der Waals surface area contributed by atoms with Crippen LogP contribution in [-0.4, -0.2) is 29.0 Å². The summed E-state index contributed by atoms with van der Waals surface area (Å²) in [7, 11) is 0. The van der Waals surface area contributed by atoms with Crippen molar-refractivity contribution in [3.8, 4) is 0 Å². The van der Waals surface area contributed by atoms with Crippen LogP contribution in [0.3, 0.4) is 0 Å². The highest BCUT2D eigenvalue weighted by Crippen LogP contribution is 2.22. The molecule has 2 N–H and O–H groups in total. The van der Waals surface area contributed by atoms with Crippen molar-refractivity contribution in [1.82, 2.24) is 9.88 Å². The third kappa shape index (κ3) is 2.57. The normalized spacial score (nSPS) is 24.3. The van der Waals surface area contributed by atoms with E-state index >= 15 is 0 Å². The second-order valence-corrected chi connectivity index (χ2v) is 4.47. The number of nitrogens with two attached hydrogens (primary N) is 1. The number of likely N-dealkylation sites (tertiary alicyclic amines) is 1. The topological polar surface area (TPSA) is 42.2 Å². The molecule has 0 saturated carbocycles. The van der Waals surface area contributed by atoms with Gasteiger partial charge in [-0.1, -0.05) is 0 Å². The smallest absolute Gasteiger partial charge is 0.141 e. The van der Waals surface area contributed by atoms with Gasteiger partial charge in [0.05, 0.1) is 11.9 Å². The Bertz CT molecular complexity index is 339. The van der Waals surface area contributed by atoms with Gasteiger partial charge in [0.2, 0.25) is 0 Å². The zero-order chi connectivity index (χ0) is 11.5. The fourth-order valence-electron chi connectivity index (χ4n) is 2.21. The Balaban J connectivity index is 2.06. The Morgan fingerprint density at radius 1 is 1.56 bits per heavy atom. The van der Waals surface area contributed by atoms with Gasteiger partial charge in [0.1, 0.15) is 5.82 Å². The number of hydrogen-bond acceptors (Lipinski definition) is 3. The third-order valence-corrected chi connectivity index (χ3v) is 3.22.